The number of nitrogens with zero attached hydrogens (tertiary/aromatic N) is 1. The number of rotatable bonds is 6. The van der Waals surface area contributed by atoms with Gasteiger partial charge in [0.25, 0.3) is 0 Å². The maximum Gasteiger partial charge on any atom is 0.492 e. The molecule has 7 heteroatoms. The Morgan fingerprint density at radius 1 is 1.00 bits per heavy atom. The first-order valence-electron chi connectivity index (χ1n) is 13.1. The predicted octanol–water partition coefficient (Wildman–Crippen LogP) is 6.25. The fourth-order valence-corrected chi connectivity index (χ4v) is 5.07. The first kappa shape index (κ1) is 26.2. The quantitative estimate of drug-likeness (QED) is 0.397. The van der Waals surface area contributed by atoms with Crippen LogP contribution >= 0.6 is 0 Å². The molecule has 5 rings (SSSR count). The highest BCUT2D eigenvalue weighted by Gasteiger charge is 2.52. The summed E-state index contributed by atoms with van der Waals surface area (Å²) in [6, 6.07) is 18.7. The van der Waals surface area contributed by atoms with Crippen LogP contribution in [0.15, 0.2) is 66.3 Å². The number of amides is 1. The zero-order valence-electron chi connectivity index (χ0n) is 23.0. The molecule has 2 heterocycles. The molecule has 3 aromatic rings. The Morgan fingerprint density at radius 2 is 1.58 bits per heavy atom. The number of benzene rings is 2. The molecule has 1 N–H and O–H groups in total. The summed E-state index contributed by atoms with van der Waals surface area (Å²) in [4.78, 5) is 17.5. The minimum absolute atomic E-state index is 0.00525. The molecule has 0 bridgehead atoms. The largest absolute Gasteiger partial charge is 0.492 e. The van der Waals surface area contributed by atoms with Crippen LogP contribution < -0.4 is 5.32 Å². The standard InChI is InChI=1S/C31H35BN2O4/c1-20-15-21(2)28(33-17-20)16-22(32-37-30(3,4)31(5,6)38-32)18-34-29(35)36-19-27-25-13-9-7-11-23(25)24-12-8-10-14-26(24)27/h7-17,27H,18-19H2,1-6H3,(H,34,35). The zero-order chi connectivity index (χ0) is 27.1. The number of pyridine rings is 1. The number of fused-ring (bicyclic) bond motifs is 3. The summed E-state index contributed by atoms with van der Waals surface area (Å²) in [6.45, 7) is 12.6. The minimum Gasteiger partial charge on any atom is -0.449 e. The van der Waals surface area contributed by atoms with E-state index in [1.165, 1.54) is 22.3 Å². The van der Waals surface area contributed by atoms with Crippen LogP contribution in [0.2, 0.25) is 0 Å². The number of ether oxygens (including phenoxy) is 1. The van der Waals surface area contributed by atoms with Crippen molar-refractivity contribution in [2.45, 2.75) is 58.7 Å². The Labute approximate surface area is 225 Å². The third-order valence-electron chi connectivity index (χ3n) is 7.91. The van der Waals surface area contributed by atoms with Crippen molar-refractivity contribution in [3.8, 4) is 11.1 Å². The molecule has 1 saturated heterocycles. The van der Waals surface area contributed by atoms with Gasteiger partial charge in [-0.05, 0) is 86.5 Å². The van der Waals surface area contributed by atoms with Crippen molar-refractivity contribution in [1.82, 2.24) is 10.3 Å². The van der Waals surface area contributed by atoms with E-state index < -0.39 is 24.4 Å². The average molecular weight is 510 g/mol. The van der Waals surface area contributed by atoms with E-state index in [9.17, 15) is 4.79 Å². The van der Waals surface area contributed by atoms with Gasteiger partial charge in [0.05, 0.1) is 16.9 Å². The van der Waals surface area contributed by atoms with Gasteiger partial charge in [0.15, 0.2) is 0 Å². The lowest BCUT2D eigenvalue weighted by atomic mass is 9.77. The summed E-state index contributed by atoms with van der Waals surface area (Å²) < 4.78 is 18.4. The van der Waals surface area contributed by atoms with Crippen LogP contribution in [-0.2, 0) is 14.0 Å². The molecule has 0 radical (unpaired) electrons. The third kappa shape index (κ3) is 5.01. The number of alkyl carbamates (subject to hydrolysis) is 1. The minimum atomic E-state index is -0.614. The Kier molecular flexibility index (Phi) is 6.93. The molecule has 0 spiro atoms. The molecule has 1 fully saturated rings. The van der Waals surface area contributed by atoms with Gasteiger partial charge in [-0.3, -0.25) is 4.98 Å². The zero-order valence-corrected chi connectivity index (χ0v) is 23.0. The first-order valence-corrected chi connectivity index (χ1v) is 13.1. The number of carbonyl (C=O) groups is 1. The maximum absolute atomic E-state index is 12.9. The highest BCUT2D eigenvalue weighted by molar-refractivity contribution is 6.56. The van der Waals surface area contributed by atoms with Gasteiger partial charge in [0.1, 0.15) is 6.61 Å². The number of aryl methyl sites for hydroxylation is 2. The second-order valence-corrected chi connectivity index (χ2v) is 11.2. The number of hydrogen-bond donors (Lipinski definition) is 1. The van der Waals surface area contributed by atoms with Gasteiger partial charge in [-0.25, -0.2) is 4.79 Å². The fraction of sp³-hybridized carbons (Fsp3) is 0.355. The summed E-state index contributed by atoms with van der Waals surface area (Å²) in [6.07, 6.45) is 3.29. The molecule has 1 amide bonds. The van der Waals surface area contributed by atoms with Crippen molar-refractivity contribution in [2.75, 3.05) is 13.2 Å². The van der Waals surface area contributed by atoms with Crippen molar-refractivity contribution in [3.05, 3.63) is 94.2 Å². The molecule has 1 aliphatic carbocycles. The van der Waals surface area contributed by atoms with Crippen LogP contribution in [0.3, 0.4) is 0 Å². The summed E-state index contributed by atoms with van der Waals surface area (Å²) in [5, 5.41) is 2.92. The normalized spacial score (nSPS) is 17.7. The van der Waals surface area contributed by atoms with Crippen LogP contribution in [0.4, 0.5) is 4.79 Å². The van der Waals surface area contributed by atoms with Gasteiger partial charge < -0.3 is 19.4 Å². The third-order valence-corrected chi connectivity index (χ3v) is 7.91. The van der Waals surface area contributed by atoms with Gasteiger partial charge in [-0.2, -0.15) is 0 Å². The second-order valence-electron chi connectivity index (χ2n) is 11.2. The molecule has 0 atom stereocenters. The molecule has 196 valence electrons. The van der Waals surface area contributed by atoms with Crippen LogP contribution in [0, 0.1) is 13.8 Å². The van der Waals surface area contributed by atoms with E-state index in [2.05, 4.69) is 40.6 Å². The van der Waals surface area contributed by atoms with E-state index in [0.29, 0.717) is 0 Å². The summed E-state index contributed by atoms with van der Waals surface area (Å²) in [7, 11) is -0.614. The van der Waals surface area contributed by atoms with E-state index in [-0.39, 0.29) is 19.1 Å². The molecule has 2 aliphatic rings. The smallest absolute Gasteiger partial charge is 0.449 e. The highest BCUT2D eigenvalue weighted by atomic mass is 16.7. The molecule has 6 nitrogen and oxygen atoms in total. The molecule has 38 heavy (non-hydrogen) atoms. The Hall–Kier alpha value is -3.42. The Morgan fingerprint density at radius 3 is 2.16 bits per heavy atom. The van der Waals surface area contributed by atoms with E-state index in [0.717, 1.165) is 22.3 Å². The number of aromatic nitrogens is 1. The second kappa shape index (κ2) is 10.0. The molecule has 1 aliphatic heterocycles. The van der Waals surface area contributed by atoms with Crippen LogP contribution in [0.5, 0.6) is 0 Å². The van der Waals surface area contributed by atoms with E-state index in [4.69, 9.17) is 14.0 Å². The van der Waals surface area contributed by atoms with Crippen molar-refractivity contribution in [3.63, 3.8) is 0 Å². The highest BCUT2D eigenvalue weighted by Crippen LogP contribution is 2.44. The average Bonchev–Trinajstić information content (AvgIpc) is 3.30. The lowest BCUT2D eigenvalue weighted by molar-refractivity contribution is 0.00578. The van der Waals surface area contributed by atoms with E-state index in [1.807, 2.05) is 78.1 Å². The van der Waals surface area contributed by atoms with Crippen LogP contribution in [0.1, 0.15) is 61.6 Å². The van der Waals surface area contributed by atoms with Gasteiger partial charge >= 0.3 is 13.2 Å². The Bertz CT molecular complexity index is 1340. The summed E-state index contributed by atoms with van der Waals surface area (Å²) in [5.74, 6) is 0.00525. The lowest BCUT2D eigenvalue weighted by Gasteiger charge is -2.32. The maximum atomic E-state index is 12.9. The van der Waals surface area contributed by atoms with Gasteiger partial charge in [0.2, 0.25) is 0 Å². The predicted molar refractivity (Wildman–Crippen MR) is 151 cm³/mol. The molecule has 0 saturated carbocycles. The molecular formula is C31H35BN2O4. The Balaban J connectivity index is 1.31. The topological polar surface area (TPSA) is 69.7 Å². The van der Waals surface area contributed by atoms with Gasteiger partial charge in [0, 0.05) is 18.7 Å². The van der Waals surface area contributed by atoms with Gasteiger partial charge in [-0.1, -0.05) is 54.6 Å². The fourth-order valence-electron chi connectivity index (χ4n) is 5.07. The number of hydrogen-bond acceptors (Lipinski definition) is 5. The summed E-state index contributed by atoms with van der Waals surface area (Å²) in [5.41, 5.74) is 7.47. The first-order chi connectivity index (χ1) is 18.1. The van der Waals surface area contributed by atoms with Gasteiger partial charge in [-0.15, -0.1) is 0 Å². The SMILES string of the molecule is Cc1cnc(C=C(CNC(=O)OCC2c3ccccc3-c3ccccc32)B2OC(C)(C)C(C)(C)O2)c(C)c1. The monoisotopic (exact) mass is 510 g/mol. The molecule has 0 unspecified atom stereocenters. The lowest BCUT2D eigenvalue weighted by Crippen LogP contribution is -2.41. The summed E-state index contributed by atoms with van der Waals surface area (Å²) >= 11 is 0. The number of nitrogens with one attached hydrogen (secondary N) is 1. The van der Waals surface area contributed by atoms with Crippen LogP contribution in [-0.4, -0.2) is 42.5 Å². The molecular weight excluding hydrogens is 475 g/mol. The van der Waals surface area contributed by atoms with Crippen molar-refractivity contribution in [2.24, 2.45) is 0 Å². The van der Waals surface area contributed by atoms with E-state index >= 15 is 0 Å². The van der Waals surface area contributed by atoms with Crippen molar-refractivity contribution in [1.29, 1.82) is 0 Å². The van der Waals surface area contributed by atoms with E-state index in [1.54, 1.807) is 0 Å². The van der Waals surface area contributed by atoms with Crippen LogP contribution in [0.25, 0.3) is 17.2 Å². The molecule has 2 aromatic carbocycles. The molecule has 1 aromatic heterocycles. The van der Waals surface area contributed by atoms with Crippen molar-refractivity contribution < 1.29 is 18.8 Å². The van der Waals surface area contributed by atoms with Crippen molar-refractivity contribution >= 4 is 19.3 Å². The number of carbonyl (C=O) groups excluding carboxylic acids is 1.